The molecule has 0 fully saturated rings. The van der Waals surface area contributed by atoms with Gasteiger partial charge in [-0.15, -0.1) is 5.10 Å². The second-order valence-electron chi connectivity index (χ2n) is 7.77. The Hall–Kier alpha value is -4.72. The number of nitrogens with zero attached hydrogens (tertiary/aromatic N) is 3. The smallest absolute Gasteiger partial charge is 0.247 e. The molecule has 8 heteroatoms. The monoisotopic (exact) mass is 452 g/mol. The SMILES string of the molecule is Nc1c(F)cccc1Nc1nc2ccc(-c3ccc(NC(=O)Cc4ccccc4)cc3)cn2n1. The number of nitrogens with two attached hydrogens (primary N) is 1. The maximum atomic E-state index is 13.7. The zero-order valence-electron chi connectivity index (χ0n) is 18.1. The fourth-order valence-corrected chi connectivity index (χ4v) is 3.61. The van der Waals surface area contributed by atoms with Crippen LogP contribution < -0.4 is 16.4 Å². The Kier molecular flexibility index (Phi) is 5.61. The van der Waals surface area contributed by atoms with E-state index < -0.39 is 5.82 Å². The van der Waals surface area contributed by atoms with E-state index in [0.29, 0.717) is 23.7 Å². The van der Waals surface area contributed by atoms with Crippen LogP contribution in [-0.4, -0.2) is 20.5 Å². The average molecular weight is 452 g/mol. The van der Waals surface area contributed by atoms with E-state index in [1.165, 1.54) is 6.07 Å². The Bertz CT molecular complexity index is 1460. The summed E-state index contributed by atoms with van der Waals surface area (Å²) in [7, 11) is 0. The lowest BCUT2D eigenvalue weighted by Gasteiger charge is -2.07. The molecule has 0 atom stereocenters. The number of anilines is 4. The van der Waals surface area contributed by atoms with Gasteiger partial charge in [0.2, 0.25) is 11.9 Å². The van der Waals surface area contributed by atoms with Crippen molar-refractivity contribution in [2.24, 2.45) is 0 Å². The zero-order valence-corrected chi connectivity index (χ0v) is 18.1. The molecule has 2 heterocycles. The van der Waals surface area contributed by atoms with E-state index in [1.54, 1.807) is 16.6 Å². The van der Waals surface area contributed by atoms with Gasteiger partial charge >= 0.3 is 0 Å². The summed E-state index contributed by atoms with van der Waals surface area (Å²) < 4.78 is 15.3. The van der Waals surface area contributed by atoms with E-state index in [2.05, 4.69) is 20.7 Å². The summed E-state index contributed by atoms with van der Waals surface area (Å²) in [6.45, 7) is 0. The predicted molar refractivity (Wildman–Crippen MR) is 131 cm³/mol. The molecule has 0 spiro atoms. The number of carbonyl (C=O) groups is 1. The molecular weight excluding hydrogens is 431 g/mol. The number of rotatable bonds is 6. The number of nitrogen functional groups attached to an aromatic ring is 1. The van der Waals surface area contributed by atoms with Gasteiger partial charge in [0.25, 0.3) is 0 Å². The van der Waals surface area contributed by atoms with Gasteiger partial charge in [-0.3, -0.25) is 4.79 Å². The van der Waals surface area contributed by atoms with Gasteiger partial charge in [-0.2, -0.15) is 4.98 Å². The first kappa shape index (κ1) is 21.1. The zero-order chi connectivity index (χ0) is 23.5. The highest BCUT2D eigenvalue weighted by molar-refractivity contribution is 5.92. The van der Waals surface area contributed by atoms with Crippen LogP contribution in [0.3, 0.4) is 0 Å². The fourth-order valence-electron chi connectivity index (χ4n) is 3.61. The molecule has 2 aromatic heterocycles. The molecule has 5 rings (SSSR count). The molecule has 1 amide bonds. The maximum Gasteiger partial charge on any atom is 0.247 e. The van der Waals surface area contributed by atoms with Gasteiger partial charge in [-0.05, 0) is 47.5 Å². The largest absolute Gasteiger partial charge is 0.395 e. The molecule has 0 saturated heterocycles. The number of carbonyl (C=O) groups excluding carboxylic acids is 1. The van der Waals surface area contributed by atoms with Crippen molar-refractivity contribution >= 4 is 34.6 Å². The normalized spacial score (nSPS) is 10.9. The summed E-state index contributed by atoms with van der Waals surface area (Å²) >= 11 is 0. The highest BCUT2D eigenvalue weighted by atomic mass is 19.1. The first-order chi connectivity index (χ1) is 16.5. The van der Waals surface area contributed by atoms with Crippen LogP contribution in [0.25, 0.3) is 16.8 Å². The van der Waals surface area contributed by atoms with Crippen molar-refractivity contribution in [1.29, 1.82) is 0 Å². The molecule has 0 unspecified atom stereocenters. The Morgan fingerprint density at radius 1 is 0.912 bits per heavy atom. The van der Waals surface area contributed by atoms with E-state index in [1.807, 2.05) is 72.9 Å². The van der Waals surface area contributed by atoms with Gasteiger partial charge in [-0.1, -0.05) is 48.5 Å². The summed E-state index contributed by atoms with van der Waals surface area (Å²) in [4.78, 5) is 16.7. The second kappa shape index (κ2) is 9.03. The number of halogens is 1. The van der Waals surface area contributed by atoms with Crippen molar-refractivity contribution in [3.63, 3.8) is 0 Å². The molecule has 0 aliphatic heterocycles. The number of nitrogens with one attached hydrogen (secondary N) is 2. The van der Waals surface area contributed by atoms with Gasteiger partial charge in [0.1, 0.15) is 5.82 Å². The standard InChI is InChI=1S/C26H21FN6O/c27-21-7-4-8-22(25(21)28)30-26-31-23-14-11-19(16-33(23)32-26)18-9-12-20(13-10-18)29-24(34)15-17-5-2-1-3-6-17/h1-14,16H,15,28H2,(H,29,34)(H,30,32). The Balaban J connectivity index is 1.30. The minimum atomic E-state index is -0.504. The summed E-state index contributed by atoms with van der Waals surface area (Å²) in [6.07, 6.45) is 2.18. The van der Waals surface area contributed by atoms with Crippen LogP contribution in [0.15, 0.2) is 91.1 Å². The highest BCUT2D eigenvalue weighted by Gasteiger charge is 2.10. The molecule has 0 aliphatic rings. The van der Waals surface area contributed by atoms with Crippen molar-refractivity contribution in [1.82, 2.24) is 14.6 Å². The van der Waals surface area contributed by atoms with E-state index in [-0.39, 0.29) is 11.6 Å². The highest BCUT2D eigenvalue weighted by Crippen LogP contribution is 2.25. The number of aromatic nitrogens is 3. The van der Waals surface area contributed by atoms with Gasteiger partial charge in [0.05, 0.1) is 17.8 Å². The van der Waals surface area contributed by atoms with Crippen LogP contribution in [0, 0.1) is 5.82 Å². The maximum absolute atomic E-state index is 13.7. The molecule has 4 N–H and O–H groups in total. The van der Waals surface area contributed by atoms with Gasteiger partial charge < -0.3 is 16.4 Å². The molecule has 168 valence electrons. The molecule has 7 nitrogen and oxygen atoms in total. The van der Waals surface area contributed by atoms with Crippen LogP contribution in [0.1, 0.15) is 5.56 Å². The molecule has 0 aliphatic carbocycles. The second-order valence-corrected chi connectivity index (χ2v) is 7.77. The van der Waals surface area contributed by atoms with Crippen LogP contribution in [-0.2, 0) is 11.2 Å². The van der Waals surface area contributed by atoms with E-state index in [9.17, 15) is 9.18 Å². The van der Waals surface area contributed by atoms with Crippen LogP contribution in [0.4, 0.5) is 27.4 Å². The minimum Gasteiger partial charge on any atom is -0.395 e. The molecule has 34 heavy (non-hydrogen) atoms. The first-order valence-electron chi connectivity index (χ1n) is 10.7. The van der Waals surface area contributed by atoms with Crippen molar-refractivity contribution in [3.8, 4) is 11.1 Å². The lowest BCUT2D eigenvalue weighted by molar-refractivity contribution is -0.115. The quantitative estimate of drug-likeness (QED) is 0.314. The molecule has 3 aromatic carbocycles. The summed E-state index contributed by atoms with van der Waals surface area (Å²) in [5, 5.41) is 10.3. The van der Waals surface area contributed by atoms with Gasteiger partial charge in [0.15, 0.2) is 5.65 Å². The summed E-state index contributed by atoms with van der Waals surface area (Å²) in [5.74, 6) is -0.261. The number of hydrogen-bond donors (Lipinski definition) is 3. The van der Waals surface area contributed by atoms with Crippen molar-refractivity contribution in [3.05, 3.63) is 103 Å². The Labute approximate surface area is 195 Å². The van der Waals surface area contributed by atoms with Crippen LogP contribution in [0.5, 0.6) is 0 Å². The summed E-state index contributed by atoms with van der Waals surface area (Å²) in [5.41, 5.74) is 10.4. The molecule has 0 bridgehead atoms. The topological polar surface area (TPSA) is 97.3 Å². The van der Waals surface area contributed by atoms with Crippen molar-refractivity contribution < 1.29 is 9.18 Å². The number of fused-ring (bicyclic) bond motifs is 1. The third-order valence-corrected chi connectivity index (χ3v) is 5.34. The van der Waals surface area contributed by atoms with Crippen molar-refractivity contribution in [2.75, 3.05) is 16.4 Å². The van der Waals surface area contributed by atoms with Crippen molar-refractivity contribution in [2.45, 2.75) is 6.42 Å². The molecule has 5 aromatic rings. The lowest BCUT2D eigenvalue weighted by atomic mass is 10.1. The summed E-state index contributed by atoms with van der Waals surface area (Å²) in [6, 6.07) is 25.5. The number of para-hydroxylation sites is 1. The molecule has 0 radical (unpaired) electrons. The number of pyridine rings is 1. The lowest BCUT2D eigenvalue weighted by Crippen LogP contribution is -2.14. The Morgan fingerprint density at radius 2 is 1.68 bits per heavy atom. The van der Waals surface area contributed by atoms with E-state index >= 15 is 0 Å². The van der Waals surface area contributed by atoms with E-state index in [4.69, 9.17) is 5.73 Å². The van der Waals surface area contributed by atoms with Gasteiger partial charge in [0, 0.05) is 17.4 Å². The number of amides is 1. The van der Waals surface area contributed by atoms with Gasteiger partial charge in [-0.25, -0.2) is 8.91 Å². The number of hydrogen-bond acceptors (Lipinski definition) is 5. The molecule has 0 saturated carbocycles. The molecular formula is C26H21FN6O. The first-order valence-corrected chi connectivity index (χ1v) is 10.7. The van der Waals surface area contributed by atoms with Crippen LogP contribution in [0.2, 0.25) is 0 Å². The van der Waals surface area contributed by atoms with Crippen LogP contribution >= 0.6 is 0 Å². The fraction of sp³-hybridized carbons (Fsp3) is 0.0385. The van der Waals surface area contributed by atoms with E-state index in [0.717, 1.165) is 22.4 Å². The third-order valence-electron chi connectivity index (χ3n) is 5.34. The Morgan fingerprint density at radius 3 is 2.47 bits per heavy atom. The number of benzene rings is 3. The minimum absolute atomic E-state index is 0.0120. The predicted octanol–water partition coefficient (Wildman–Crippen LogP) is 5.04. The average Bonchev–Trinajstić information content (AvgIpc) is 3.25. The third kappa shape index (κ3) is 4.56.